The van der Waals surface area contributed by atoms with Gasteiger partial charge in [0.25, 0.3) is 0 Å². The van der Waals surface area contributed by atoms with Crippen LogP contribution < -0.4 is 10.6 Å². The number of hydrogen-bond acceptors (Lipinski definition) is 0. The minimum absolute atomic E-state index is 0.770. The van der Waals surface area contributed by atoms with Gasteiger partial charge in [0.2, 0.25) is 0 Å². The molecule has 17 heavy (non-hydrogen) atoms. The zero-order valence-electron chi connectivity index (χ0n) is 11.0. The molecular weight excluding hydrogens is 223 g/mol. The molecule has 0 saturated carbocycles. The highest BCUT2D eigenvalue weighted by Gasteiger charge is 2.06. The van der Waals surface area contributed by atoms with E-state index in [1.165, 1.54) is 32.9 Å². The van der Waals surface area contributed by atoms with E-state index >= 15 is 0 Å². The van der Waals surface area contributed by atoms with Crippen LogP contribution in [0.3, 0.4) is 0 Å². The van der Waals surface area contributed by atoms with E-state index in [2.05, 4.69) is 64.1 Å². The van der Waals surface area contributed by atoms with E-state index in [-0.39, 0.29) is 0 Å². The SMILES string of the molecule is Cc1cc(C)c(Pc2ccccc2C)c(C)c1. The Balaban J connectivity index is 2.40. The predicted octanol–water partition coefficient (Wildman–Crippen LogP) is 3.55. The summed E-state index contributed by atoms with van der Waals surface area (Å²) in [5.41, 5.74) is 5.59. The fourth-order valence-electron chi connectivity index (χ4n) is 2.23. The standard InChI is InChI=1S/C16H19P/c1-11-9-13(3)16(14(4)10-11)17-15-8-6-5-7-12(15)2/h5-10,17H,1-4H3. The van der Waals surface area contributed by atoms with E-state index in [1.807, 2.05) is 0 Å². The lowest BCUT2D eigenvalue weighted by Crippen LogP contribution is -2.12. The van der Waals surface area contributed by atoms with Crippen LogP contribution in [0, 0.1) is 27.7 Å². The highest BCUT2D eigenvalue weighted by atomic mass is 31.1. The lowest BCUT2D eigenvalue weighted by atomic mass is 10.1. The topological polar surface area (TPSA) is 0 Å². The van der Waals surface area contributed by atoms with Gasteiger partial charge in [0, 0.05) is 0 Å². The van der Waals surface area contributed by atoms with Crippen molar-refractivity contribution in [2.45, 2.75) is 27.7 Å². The molecule has 1 unspecified atom stereocenters. The van der Waals surface area contributed by atoms with Crippen LogP contribution in [0.4, 0.5) is 0 Å². The van der Waals surface area contributed by atoms with E-state index in [0.29, 0.717) is 0 Å². The van der Waals surface area contributed by atoms with Gasteiger partial charge >= 0.3 is 0 Å². The Bertz CT molecular complexity index is 518. The molecule has 0 nitrogen and oxygen atoms in total. The number of rotatable bonds is 2. The fourth-order valence-corrected chi connectivity index (χ4v) is 3.49. The van der Waals surface area contributed by atoms with Crippen LogP contribution in [0.5, 0.6) is 0 Å². The average molecular weight is 242 g/mol. The summed E-state index contributed by atoms with van der Waals surface area (Å²) in [6, 6.07) is 13.3. The molecule has 2 aromatic rings. The Kier molecular flexibility index (Phi) is 3.64. The summed E-state index contributed by atoms with van der Waals surface area (Å²) >= 11 is 0. The van der Waals surface area contributed by atoms with Crippen LogP contribution in [0.15, 0.2) is 36.4 Å². The molecule has 0 N–H and O–H groups in total. The van der Waals surface area contributed by atoms with Gasteiger partial charge in [-0.25, -0.2) is 0 Å². The summed E-state index contributed by atoms with van der Waals surface area (Å²) < 4.78 is 0. The largest absolute Gasteiger partial charge is 0.0620 e. The zero-order valence-corrected chi connectivity index (χ0v) is 12.0. The molecule has 2 rings (SSSR count). The first kappa shape index (κ1) is 12.3. The van der Waals surface area contributed by atoms with E-state index in [4.69, 9.17) is 0 Å². The lowest BCUT2D eigenvalue weighted by molar-refractivity contribution is 1.36. The van der Waals surface area contributed by atoms with Crippen molar-refractivity contribution in [3.63, 3.8) is 0 Å². The van der Waals surface area contributed by atoms with E-state index in [1.54, 1.807) is 0 Å². The van der Waals surface area contributed by atoms with Gasteiger partial charge in [0.1, 0.15) is 0 Å². The van der Waals surface area contributed by atoms with Gasteiger partial charge in [0.15, 0.2) is 0 Å². The highest BCUT2D eigenvalue weighted by molar-refractivity contribution is 7.55. The van der Waals surface area contributed by atoms with Crippen molar-refractivity contribution in [3.05, 3.63) is 58.7 Å². The van der Waals surface area contributed by atoms with Crippen molar-refractivity contribution in [2.24, 2.45) is 0 Å². The van der Waals surface area contributed by atoms with Crippen molar-refractivity contribution in [3.8, 4) is 0 Å². The molecule has 0 heterocycles. The molecule has 88 valence electrons. The molecule has 0 fully saturated rings. The normalized spacial score (nSPS) is 11.3. The van der Waals surface area contributed by atoms with Crippen molar-refractivity contribution in [1.29, 1.82) is 0 Å². The lowest BCUT2D eigenvalue weighted by Gasteiger charge is -2.13. The summed E-state index contributed by atoms with van der Waals surface area (Å²) in [6.07, 6.45) is 0. The van der Waals surface area contributed by atoms with Crippen LogP contribution in [0.1, 0.15) is 22.3 Å². The molecule has 0 aromatic heterocycles. The van der Waals surface area contributed by atoms with Crippen molar-refractivity contribution < 1.29 is 0 Å². The summed E-state index contributed by atoms with van der Waals surface area (Å²) in [4.78, 5) is 0. The molecule has 0 aliphatic heterocycles. The van der Waals surface area contributed by atoms with Gasteiger partial charge in [-0.3, -0.25) is 0 Å². The Morgan fingerprint density at radius 1 is 0.765 bits per heavy atom. The number of benzene rings is 2. The monoisotopic (exact) mass is 242 g/mol. The maximum absolute atomic E-state index is 2.29. The number of hydrogen-bond donors (Lipinski definition) is 0. The third-order valence-corrected chi connectivity index (χ3v) is 4.95. The first-order valence-electron chi connectivity index (χ1n) is 5.98. The predicted molar refractivity (Wildman–Crippen MR) is 79.4 cm³/mol. The second-order valence-electron chi connectivity index (χ2n) is 4.71. The molecule has 0 aliphatic carbocycles. The summed E-state index contributed by atoms with van der Waals surface area (Å²) in [7, 11) is 0.770. The second kappa shape index (κ2) is 5.02. The van der Waals surface area contributed by atoms with Crippen LogP contribution >= 0.6 is 8.58 Å². The molecule has 0 amide bonds. The second-order valence-corrected chi connectivity index (χ2v) is 6.00. The first-order chi connectivity index (χ1) is 8.08. The van der Waals surface area contributed by atoms with Crippen LogP contribution in [-0.4, -0.2) is 0 Å². The maximum Gasteiger partial charge on any atom is -0.0168 e. The quantitative estimate of drug-likeness (QED) is 0.706. The van der Waals surface area contributed by atoms with Gasteiger partial charge in [-0.15, -0.1) is 0 Å². The van der Waals surface area contributed by atoms with E-state index in [0.717, 1.165) is 8.58 Å². The van der Waals surface area contributed by atoms with Gasteiger partial charge in [-0.05, 0) is 55.0 Å². The van der Waals surface area contributed by atoms with E-state index in [9.17, 15) is 0 Å². The van der Waals surface area contributed by atoms with Gasteiger partial charge in [-0.2, -0.15) is 0 Å². The Hall–Kier alpha value is -1.13. The van der Waals surface area contributed by atoms with Gasteiger partial charge in [-0.1, -0.05) is 50.5 Å². The summed E-state index contributed by atoms with van der Waals surface area (Å²) in [6.45, 7) is 8.81. The molecule has 0 saturated heterocycles. The van der Waals surface area contributed by atoms with Gasteiger partial charge in [0.05, 0.1) is 0 Å². The van der Waals surface area contributed by atoms with Crippen LogP contribution in [0.25, 0.3) is 0 Å². The van der Waals surface area contributed by atoms with Crippen molar-refractivity contribution >= 4 is 19.2 Å². The third-order valence-electron chi connectivity index (χ3n) is 3.08. The molecule has 2 aromatic carbocycles. The van der Waals surface area contributed by atoms with Crippen molar-refractivity contribution in [2.75, 3.05) is 0 Å². The molecule has 0 aliphatic rings. The maximum atomic E-state index is 2.29. The average Bonchev–Trinajstić information content (AvgIpc) is 2.25. The minimum Gasteiger partial charge on any atom is -0.0620 e. The minimum atomic E-state index is 0.770. The zero-order chi connectivity index (χ0) is 12.4. The van der Waals surface area contributed by atoms with Gasteiger partial charge < -0.3 is 0 Å². The Morgan fingerprint density at radius 3 is 1.94 bits per heavy atom. The smallest absolute Gasteiger partial charge is 0.0168 e. The van der Waals surface area contributed by atoms with Crippen molar-refractivity contribution in [1.82, 2.24) is 0 Å². The number of aryl methyl sites for hydroxylation is 4. The van der Waals surface area contributed by atoms with Crippen LogP contribution in [0.2, 0.25) is 0 Å². The molecular formula is C16H19P. The highest BCUT2D eigenvalue weighted by Crippen LogP contribution is 2.19. The molecule has 1 atom stereocenters. The van der Waals surface area contributed by atoms with E-state index < -0.39 is 0 Å². The van der Waals surface area contributed by atoms with Crippen LogP contribution in [-0.2, 0) is 0 Å². The fraction of sp³-hybridized carbons (Fsp3) is 0.250. The first-order valence-corrected chi connectivity index (χ1v) is 6.98. The molecule has 0 spiro atoms. The molecule has 0 radical (unpaired) electrons. The third kappa shape index (κ3) is 2.76. The Labute approximate surface area is 106 Å². The molecule has 1 heteroatoms. The summed E-state index contributed by atoms with van der Waals surface area (Å²) in [5, 5.41) is 2.97. The molecule has 0 bridgehead atoms. The Morgan fingerprint density at radius 2 is 1.35 bits per heavy atom. The summed E-state index contributed by atoms with van der Waals surface area (Å²) in [5.74, 6) is 0.